The Kier molecular flexibility index (Phi) is 8.79. The van der Waals surface area contributed by atoms with Crippen molar-refractivity contribution in [2.75, 3.05) is 32.7 Å². The number of nitrogens with zero attached hydrogens (tertiary/aromatic N) is 3. The lowest BCUT2D eigenvalue weighted by Crippen LogP contribution is -2.44. The van der Waals surface area contributed by atoms with Crippen LogP contribution in [0, 0.1) is 17.7 Å². The third-order valence-corrected chi connectivity index (χ3v) is 10.1. The molecule has 1 saturated carbocycles. The summed E-state index contributed by atoms with van der Waals surface area (Å²) in [5.74, 6) is 1.43. The maximum atomic E-state index is 14.5. The largest absolute Gasteiger partial charge is 0.341 e. The number of aromatic nitrogens is 1. The Hall–Kier alpha value is -1.52. The van der Waals surface area contributed by atoms with E-state index >= 15 is 0 Å². The van der Waals surface area contributed by atoms with Crippen LogP contribution in [0.15, 0.2) is 18.2 Å². The second-order valence-electron chi connectivity index (χ2n) is 12.2. The molecule has 0 spiro atoms. The molecule has 9 heteroatoms. The minimum atomic E-state index is -3.77. The van der Waals surface area contributed by atoms with Gasteiger partial charge in [0.05, 0.1) is 0 Å². The van der Waals surface area contributed by atoms with Crippen LogP contribution in [0.4, 0.5) is 4.39 Å². The highest BCUT2D eigenvalue weighted by Gasteiger charge is 2.32. The number of benzene rings is 1. The van der Waals surface area contributed by atoms with E-state index in [1.54, 1.807) is 12.1 Å². The first-order valence-electron chi connectivity index (χ1n) is 14.7. The standard InChI is InChI=1S/C29H46FN5O2S/c1-21(2)22-5-8-24(9-6-22)34-17-12-25(13-18-34)35-28-10-7-23(30)19-26(28)27(20-33-15-3-4-16-33)29(35)11-14-32-38(31,36)37/h7,10,19,21-22,24-25,32H,3-6,8-9,11-18,20H2,1-2H3,(H2,31,36,37)/t22-,24+. The molecule has 38 heavy (non-hydrogen) atoms. The van der Waals surface area contributed by atoms with Crippen molar-refractivity contribution >= 4 is 21.1 Å². The van der Waals surface area contributed by atoms with Crippen molar-refractivity contribution in [1.29, 1.82) is 0 Å². The maximum Gasteiger partial charge on any atom is 0.274 e. The molecule has 3 fully saturated rings. The zero-order valence-electron chi connectivity index (χ0n) is 23.2. The van der Waals surface area contributed by atoms with Crippen LogP contribution in [0.2, 0.25) is 0 Å². The zero-order chi connectivity index (χ0) is 26.9. The van der Waals surface area contributed by atoms with Crippen molar-refractivity contribution in [3.63, 3.8) is 0 Å². The van der Waals surface area contributed by atoms with E-state index in [9.17, 15) is 12.8 Å². The van der Waals surface area contributed by atoms with E-state index in [0.29, 0.717) is 18.5 Å². The molecule has 212 valence electrons. The van der Waals surface area contributed by atoms with Gasteiger partial charge in [-0.15, -0.1) is 0 Å². The van der Waals surface area contributed by atoms with Crippen LogP contribution in [0.5, 0.6) is 0 Å². The Labute approximate surface area is 228 Å². The lowest BCUT2D eigenvalue weighted by Gasteiger charge is -2.42. The summed E-state index contributed by atoms with van der Waals surface area (Å²) in [6, 6.07) is 6.19. The van der Waals surface area contributed by atoms with Crippen molar-refractivity contribution in [1.82, 2.24) is 19.1 Å². The van der Waals surface area contributed by atoms with Gasteiger partial charge in [0.2, 0.25) is 0 Å². The molecule has 3 aliphatic rings. The van der Waals surface area contributed by atoms with E-state index in [-0.39, 0.29) is 12.4 Å². The normalized spacial score (nSPS) is 24.7. The average Bonchev–Trinajstić information content (AvgIpc) is 3.50. The van der Waals surface area contributed by atoms with Crippen molar-refractivity contribution in [3.05, 3.63) is 35.3 Å². The topological polar surface area (TPSA) is 83.6 Å². The number of fused-ring (bicyclic) bond motifs is 1. The molecule has 2 saturated heterocycles. The predicted octanol–water partition coefficient (Wildman–Crippen LogP) is 4.56. The Morgan fingerprint density at radius 3 is 2.32 bits per heavy atom. The van der Waals surface area contributed by atoms with E-state index in [4.69, 9.17) is 5.14 Å². The fourth-order valence-electron chi connectivity index (χ4n) is 7.39. The van der Waals surface area contributed by atoms with Gasteiger partial charge in [0.25, 0.3) is 10.2 Å². The minimum Gasteiger partial charge on any atom is -0.341 e. The summed E-state index contributed by atoms with van der Waals surface area (Å²) in [6.07, 6.45) is 10.3. The highest BCUT2D eigenvalue weighted by Crippen LogP contribution is 2.38. The summed E-state index contributed by atoms with van der Waals surface area (Å²) in [5.41, 5.74) is 3.35. The number of nitrogens with one attached hydrogen (secondary N) is 1. The first-order chi connectivity index (χ1) is 18.2. The van der Waals surface area contributed by atoms with Crippen LogP contribution in [0.1, 0.15) is 82.5 Å². The van der Waals surface area contributed by atoms with E-state index in [2.05, 4.69) is 32.9 Å². The van der Waals surface area contributed by atoms with E-state index in [0.717, 1.165) is 79.6 Å². The summed E-state index contributed by atoms with van der Waals surface area (Å²) < 4.78 is 42.7. The molecule has 3 heterocycles. The molecule has 1 aliphatic carbocycles. The number of likely N-dealkylation sites (tertiary alicyclic amines) is 2. The van der Waals surface area contributed by atoms with Crippen LogP contribution in [0.25, 0.3) is 10.9 Å². The van der Waals surface area contributed by atoms with Crippen LogP contribution in [0.3, 0.4) is 0 Å². The Balaban J connectivity index is 1.40. The summed E-state index contributed by atoms with van der Waals surface area (Å²) in [4.78, 5) is 5.16. The van der Waals surface area contributed by atoms with Gasteiger partial charge in [0.15, 0.2) is 0 Å². The fraction of sp³-hybridized carbons (Fsp3) is 0.724. The second kappa shape index (κ2) is 11.9. The molecule has 0 bridgehead atoms. The van der Waals surface area contributed by atoms with Gasteiger partial charge in [0, 0.05) is 61.3 Å². The summed E-state index contributed by atoms with van der Waals surface area (Å²) >= 11 is 0. The van der Waals surface area contributed by atoms with Crippen LogP contribution < -0.4 is 9.86 Å². The number of piperidine rings is 1. The molecular formula is C29H46FN5O2S. The molecule has 0 radical (unpaired) electrons. The van der Waals surface area contributed by atoms with E-state index < -0.39 is 10.2 Å². The minimum absolute atomic E-state index is 0.224. The molecule has 1 aromatic heterocycles. The van der Waals surface area contributed by atoms with Crippen molar-refractivity contribution in [3.8, 4) is 0 Å². The van der Waals surface area contributed by atoms with Gasteiger partial charge in [-0.05, 0) is 100 Å². The molecule has 2 aliphatic heterocycles. The zero-order valence-corrected chi connectivity index (χ0v) is 24.0. The summed E-state index contributed by atoms with van der Waals surface area (Å²) in [5, 5.41) is 6.22. The Bertz CT molecular complexity index is 1190. The maximum absolute atomic E-state index is 14.5. The summed E-state index contributed by atoms with van der Waals surface area (Å²) in [6.45, 7) is 9.99. The highest BCUT2D eigenvalue weighted by atomic mass is 32.2. The number of halogens is 1. The van der Waals surface area contributed by atoms with E-state index in [1.807, 2.05) is 6.07 Å². The lowest BCUT2D eigenvalue weighted by molar-refractivity contribution is 0.0889. The molecule has 7 nitrogen and oxygen atoms in total. The fourth-order valence-corrected chi connectivity index (χ4v) is 7.78. The van der Waals surface area contributed by atoms with Crippen LogP contribution >= 0.6 is 0 Å². The number of hydrogen-bond donors (Lipinski definition) is 2. The molecule has 0 unspecified atom stereocenters. The quantitative estimate of drug-likeness (QED) is 0.482. The Morgan fingerprint density at radius 1 is 1.00 bits per heavy atom. The first kappa shape index (κ1) is 28.0. The van der Waals surface area contributed by atoms with Crippen molar-refractivity contribution in [2.45, 2.75) is 90.3 Å². The van der Waals surface area contributed by atoms with E-state index in [1.165, 1.54) is 38.5 Å². The lowest BCUT2D eigenvalue weighted by atomic mass is 9.79. The van der Waals surface area contributed by atoms with Gasteiger partial charge in [-0.1, -0.05) is 13.8 Å². The first-order valence-corrected chi connectivity index (χ1v) is 16.3. The molecule has 5 rings (SSSR count). The Morgan fingerprint density at radius 2 is 1.68 bits per heavy atom. The van der Waals surface area contributed by atoms with Gasteiger partial charge in [-0.2, -0.15) is 8.42 Å². The third kappa shape index (κ3) is 6.44. The van der Waals surface area contributed by atoms with Gasteiger partial charge in [-0.3, -0.25) is 4.90 Å². The highest BCUT2D eigenvalue weighted by molar-refractivity contribution is 7.87. The molecule has 3 N–H and O–H groups in total. The van der Waals surface area contributed by atoms with Crippen LogP contribution in [-0.4, -0.2) is 61.6 Å². The van der Waals surface area contributed by atoms with Gasteiger partial charge < -0.3 is 9.47 Å². The molecule has 0 atom stereocenters. The molecular weight excluding hydrogens is 501 g/mol. The van der Waals surface area contributed by atoms with Gasteiger partial charge >= 0.3 is 0 Å². The molecule has 0 amide bonds. The molecule has 2 aromatic rings. The number of nitrogens with two attached hydrogens (primary N) is 1. The summed E-state index contributed by atoms with van der Waals surface area (Å²) in [7, 11) is -3.77. The average molecular weight is 548 g/mol. The SMILES string of the molecule is CC(C)[C@H]1CC[C@@H](N2CCC(n3c(CCNS(N)(=O)=O)c(CN4CCCC4)c4cc(F)ccc43)CC2)CC1. The van der Waals surface area contributed by atoms with Gasteiger partial charge in [-0.25, -0.2) is 14.3 Å². The third-order valence-electron chi connectivity index (χ3n) is 9.49. The molecule has 1 aromatic carbocycles. The monoisotopic (exact) mass is 547 g/mol. The number of hydrogen-bond acceptors (Lipinski definition) is 4. The second-order valence-corrected chi connectivity index (χ2v) is 13.6. The van der Waals surface area contributed by atoms with Crippen LogP contribution in [-0.2, 0) is 23.2 Å². The van der Waals surface area contributed by atoms with Gasteiger partial charge in [0.1, 0.15) is 5.82 Å². The van der Waals surface area contributed by atoms with Crippen molar-refractivity contribution < 1.29 is 12.8 Å². The van der Waals surface area contributed by atoms with Crippen molar-refractivity contribution in [2.24, 2.45) is 17.0 Å². The smallest absolute Gasteiger partial charge is 0.274 e. The predicted molar refractivity (Wildman–Crippen MR) is 152 cm³/mol. The number of rotatable bonds is 9.